The number of hydrogen-bond donors (Lipinski definition) is 1. The van der Waals surface area contributed by atoms with Crippen molar-refractivity contribution in [2.75, 3.05) is 6.54 Å². The topological polar surface area (TPSA) is 21.3 Å². The van der Waals surface area contributed by atoms with Gasteiger partial charge in [-0.25, -0.2) is 0 Å². The summed E-state index contributed by atoms with van der Waals surface area (Å²) in [4.78, 5) is 0. The van der Waals surface area contributed by atoms with Gasteiger partial charge >= 0.3 is 0 Å². The maximum atomic E-state index is 6.06. The van der Waals surface area contributed by atoms with E-state index in [2.05, 4.69) is 38.2 Å². The molecule has 0 aliphatic rings. The van der Waals surface area contributed by atoms with Crippen LogP contribution in [0.2, 0.25) is 5.02 Å². The molecule has 3 heteroatoms. The number of nitrogens with one attached hydrogen (secondary N) is 1. The van der Waals surface area contributed by atoms with Crippen molar-refractivity contribution in [1.82, 2.24) is 5.32 Å². The number of aryl methyl sites for hydroxylation is 2. The van der Waals surface area contributed by atoms with Gasteiger partial charge in [-0.1, -0.05) is 24.6 Å². The molecule has 0 amide bonds. The molecule has 0 aliphatic heterocycles. The van der Waals surface area contributed by atoms with Gasteiger partial charge in [0.1, 0.15) is 11.5 Å². The summed E-state index contributed by atoms with van der Waals surface area (Å²) >= 11 is 6.06. The third kappa shape index (κ3) is 3.75. The zero-order valence-corrected chi connectivity index (χ0v) is 12.9. The average Bonchev–Trinajstić information content (AvgIpc) is 2.43. The molecule has 0 radical (unpaired) electrons. The maximum Gasteiger partial charge on any atom is 0.132 e. The quantitative estimate of drug-likeness (QED) is 0.849. The van der Waals surface area contributed by atoms with Crippen molar-refractivity contribution < 1.29 is 4.74 Å². The number of ether oxygens (including phenoxy) is 1. The molecule has 0 heterocycles. The van der Waals surface area contributed by atoms with Crippen LogP contribution in [0.15, 0.2) is 36.4 Å². The number of halogens is 1. The molecule has 0 atom stereocenters. The Labute approximate surface area is 125 Å². The van der Waals surface area contributed by atoms with Gasteiger partial charge in [-0.15, -0.1) is 0 Å². The minimum Gasteiger partial charge on any atom is -0.457 e. The van der Waals surface area contributed by atoms with E-state index in [0.29, 0.717) is 0 Å². The van der Waals surface area contributed by atoms with Crippen LogP contribution in [-0.4, -0.2) is 6.54 Å². The fraction of sp³-hybridized carbons (Fsp3) is 0.294. The second-order valence-electron chi connectivity index (χ2n) is 4.88. The second-order valence-corrected chi connectivity index (χ2v) is 5.32. The van der Waals surface area contributed by atoms with Crippen molar-refractivity contribution in [2.45, 2.75) is 27.3 Å². The van der Waals surface area contributed by atoms with Crippen molar-refractivity contribution >= 4 is 11.6 Å². The SMILES string of the molecule is CCNCc1cc(Cl)ccc1Oc1ccc(C)c(C)c1. The Morgan fingerprint density at radius 1 is 1.05 bits per heavy atom. The van der Waals surface area contributed by atoms with Crippen LogP contribution in [0.5, 0.6) is 11.5 Å². The van der Waals surface area contributed by atoms with E-state index < -0.39 is 0 Å². The van der Waals surface area contributed by atoms with E-state index in [1.807, 2.05) is 24.3 Å². The summed E-state index contributed by atoms with van der Waals surface area (Å²) in [7, 11) is 0. The normalized spacial score (nSPS) is 10.6. The summed E-state index contributed by atoms with van der Waals surface area (Å²) in [5.74, 6) is 1.70. The molecular weight excluding hydrogens is 270 g/mol. The Kier molecular flexibility index (Phi) is 5.05. The molecule has 0 fully saturated rings. The molecule has 2 aromatic rings. The summed E-state index contributed by atoms with van der Waals surface area (Å²) in [5.41, 5.74) is 3.56. The molecule has 0 spiro atoms. The van der Waals surface area contributed by atoms with Crippen molar-refractivity contribution in [3.8, 4) is 11.5 Å². The molecule has 1 N–H and O–H groups in total. The van der Waals surface area contributed by atoms with Gasteiger partial charge < -0.3 is 10.1 Å². The molecule has 0 aliphatic carbocycles. The van der Waals surface area contributed by atoms with Gasteiger partial charge in [0.05, 0.1) is 0 Å². The third-order valence-corrected chi connectivity index (χ3v) is 3.53. The molecule has 106 valence electrons. The van der Waals surface area contributed by atoms with Gasteiger partial charge in [0.2, 0.25) is 0 Å². The second kappa shape index (κ2) is 6.78. The van der Waals surface area contributed by atoms with Gasteiger partial charge in [0, 0.05) is 17.1 Å². The highest BCUT2D eigenvalue weighted by Crippen LogP contribution is 2.29. The summed E-state index contributed by atoms with van der Waals surface area (Å²) in [5, 5.41) is 4.03. The van der Waals surface area contributed by atoms with Crippen LogP contribution in [0.25, 0.3) is 0 Å². The Balaban J connectivity index is 2.25. The van der Waals surface area contributed by atoms with Crippen LogP contribution in [0.1, 0.15) is 23.6 Å². The van der Waals surface area contributed by atoms with Crippen LogP contribution in [0, 0.1) is 13.8 Å². The van der Waals surface area contributed by atoms with Gasteiger partial charge in [0.25, 0.3) is 0 Å². The van der Waals surface area contributed by atoms with Crippen LogP contribution >= 0.6 is 11.6 Å². The highest BCUT2D eigenvalue weighted by molar-refractivity contribution is 6.30. The minimum absolute atomic E-state index is 0.727. The van der Waals surface area contributed by atoms with Crippen molar-refractivity contribution in [3.05, 3.63) is 58.1 Å². The van der Waals surface area contributed by atoms with E-state index in [-0.39, 0.29) is 0 Å². The van der Waals surface area contributed by atoms with Gasteiger partial charge in [-0.2, -0.15) is 0 Å². The van der Waals surface area contributed by atoms with E-state index in [1.165, 1.54) is 11.1 Å². The average molecular weight is 290 g/mol. The lowest BCUT2D eigenvalue weighted by Gasteiger charge is -2.13. The molecule has 2 aromatic carbocycles. The highest BCUT2D eigenvalue weighted by Gasteiger charge is 2.06. The first-order chi connectivity index (χ1) is 9.60. The lowest BCUT2D eigenvalue weighted by Crippen LogP contribution is -2.12. The molecule has 0 saturated heterocycles. The number of rotatable bonds is 5. The summed E-state index contributed by atoms with van der Waals surface area (Å²) in [6.07, 6.45) is 0. The zero-order valence-electron chi connectivity index (χ0n) is 12.2. The first-order valence-electron chi connectivity index (χ1n) is 6.84. The zero-order chi connectivity index (χ0) is 14.5. The molecular formula is C17H20ClNO. The van der Waals surface area contributed by atoms with Crippen LogP contribution in [0.3, 0.4) is 0 Å². The molecule has 0 aromatic heterocycles. The van der Waals surface area contributed by atoms with Crippen LogP contribution in [0.4, 0.5) is 0 Å². The predicted octanol–water partition coefficient (Wildman–Crippen LogP) is 4.86. The van der Waals surface area contributed by atoms with Gasteiger partial charge in [-0.05, 0) is 61.9 Å². The monoisotopic (exact) mass is 289 g/mol. The Bertz CT molecular complexity index is 596. The molecule has 2 rings (SSSR count). The lowest BCUT2D eigenvalue weighted by atomic mass is 10.1. The third-order valence-electron chi connectivity index (χ3n) is 3.29. The predicted molar refractivity (Wildman–Crippen MR) is 84.8 cm³/mol. The molecule has 0 bridgehead atoms. The Morgan fingerprint density at radius 2 is 1.85 bits per heavy atom. The van der Waals surface area contributed by atoms with E-state index in [9.17, 15) is 0 Å². The largest absolute Gasteiger partial charge is 0.457 e. The smallest absolute Gasteiger partial charge is 0.132 e. The van der Waals surface area contributed by atoms with E-state index in [1.54, 1.807) is 0 Å². The molecule has 0 saturated carbocycles. The Morgan fingerprint density at radius 3 is 2.55 bits per heavy atom. The lowest BCUT2D eigenvalue weighted by molar-refractivity contribution is 0.473. The van der Waals surface area contributed by atoms with Crippen LogP contribution in [-0.2, 0) is 6.54 Å². The Hall–Kier alpha value is -1.51. The molecule has 20 heavy (non-hydrogen) atoms. The summed E-state index contributed by atoms with van der Waals surface area (Å²) in [6.45, 7) is 7.92. The fourth-order valence-corrected chi connectivity index (χ4v) is 2.14. The standard InChI is InChI=1S/C17H20ClNO/c1-4-19-11-14-10-15(18)6-8-17(14)20-16-7-5-12(2)13(3)9-16/h5-10,19H,4,11H2,1-3H3. The van der Waals surface area contributed by atoms with Gasteiger partial charge in [0.15, 0.2) is 0 Å². The van der Waals surface area contributed by atoms with Crippen molar-refractivity contribution in [1.29, 1.82) is 0 Å². The summed E-state index contributed by atoms with van der Waals surface area (Å²) in [6, 6.07) is 11.8. The molecule has 2 nitrogen and oxygen atoms in total. The maximum absolute atomic E-state index is 6.06. The highest BCUT2D eigenvalue weighted by atomic mass is 35.5. The van der Waals surface area contributed by atoms with Crippen LogP contribution < -0.4 is 10.1 Å². The minimum atomic E-state index is 0.727. The summed E-state index contributed by atoms with van der Waals surface area (Å²) < 4.78 is 6.00. The fourth-order valence-electron chi connectivity index (χ4n) is 1.95. The number of hydrogen-bond acceptors (Lipinski definition) is 2. The van der Waals surface area contributed by atoms with E-state index in [0.717, 1.165) is 35.2 Å². The van der Waals surface area contributed by atoms with Crippen molar-refractivity contribution in [3.63, 3.8) is 0 Å². The first kappa shape index (κ1) is 14.9. The first-order valence-corrected chi connectivity index (χ1v) is 7.22. The van der Waals surface area contributed by atoms with Gasteiger partial charge in [-0.3, -0.25) is 0 Å². The molecule has 0 unspecified atom stereocenters. The number of benzene rings is 2. The van der Waals surface area contributed by atoms with E-state index in [4.69, 9.17) is 16.3 Å². The van der Waals surface area contributed by atoms with E-state index >= 15 is 0 Å². The van der Waals surface area contributed by atoms with Crippen molar-refractivity contribution in [2.24, 2.45) is 0 Å².